The summed E-state index contributed by atoms with van der Waals surface area (Å²) in [5.74, 6) is 0.0557. The molecule has 0 saturated carbocycles. The third-order valence-electron chi connectivity index (χ3n) is 5.27. The molecule has 0 spiro atoms. The summed E-state index contributed by atoms with van der Waals surface area (Å²) in [5, 5.41) is 3.08. The largest absolute Gasteiger partial charge is 0.322 e. The Kier molecular flexibility index (Phi) is 5.42. The minimum Gasteiger partial charge on any atom is -0.322 e. The molecule has 1 aliphatic rings. The number of anilines is 1. The number of benzene rings is 2. The fourth-order valence-corrected chi connectivity index (χ4v) is 4.26. The van der Waals surface area contributed by atoms with Gasteiger partial charge in [0.05, 0.1) is 17.4 Å². The number of quaternary nitrogens is 2. The van der Waals surface area contributed by atoms with Crippen LogP contribution in [0.15, 0.2) is 42.5 Å². The molecule has 6 nitrogen and oxygen atoms in total. The van der Waals surface area contributed by atoms with Crippen molar-refractivity contribution >= 4 is 34.4 Å². The van der Waals surface area contributed by atoms with E-state index in [2.05, 4.69) is 44.4 Å². The lowest BCUT2D eigenvalue weighted by Gasteiger charge is -2.29. The fraction of sp³-hybridized carbons (Fsp3) is 0.350. The number of nitrogens with zero attached hydrogens (tertiary/aromatic N) is 2. The lowest BCUT2D eigenvalue weighted by atomic mass is 10.1. The number of aryl methyl sites for hydroxylation is 1. The second kappa shape index (κ2) is 8.12. The zero-order valence-electron chi connectivity index (χ0n) is 15.5. The molecule has 1 saturated heterocycles. The zero-order valence-corrected chi connectivity index (χ0v) is 16.3. The van der Waals surface area contributed by atoms with Gasteiger partial charge in [0.25, 0.3) is 5.91 Å². The van der Waals surface area contributed by atoms with Gasteiger partial charge in [0.15, 0.2) is 6.54 Å². The van der Waals surface area contributed by atoms with Crippen molar-refractivity contribution in [2.75, 3.05) is 38.0 Å². The Labute approximate surface area is 163 Å². The quantitative estimate of drug-likeness (QED) is 0.578. The summed E-state index contributed by atoms with van der Waals surface area (Å²) in [6.45, 7) is 7.82. The van der Waals surface area contributed by atoms with E-state index in [1.54, 1.807) is 4.90 Å². The summed E-state index contributed by atoms with van der Waals surface area (Å²) in [7, 11) is 0. The summed E-state index contributed by atoms with van der Waals surface area (Å²) >= 11 is 1.18. The highest BCUT2D eigenvalue weighted by molar-refractivity contribution is 7.00. The van der Waals surface area contributed by atoms with Gasteiger partial charge in [0, 0.05) is 5.56 Å². The van der Waals surface area contributed by atoms with Crippen molar-refractivity contribution in [2.24, 2.45) is 0 Å². The first-order valence-corrected chi connectivity index (χ1v) is 10.1. The van der Waals surface area contributed by atoms with Crippen LogP contribution in [0.3, 0.4) is 0 Å². The number of carbonyl (C=O) groups is 1. The number of hydrogen-bond donors (Lipinski definition) is 3. The van der Waals surface area contributed by atoms with Crippen LogP contribution in [0.1, 0.15) is 11.1 Å². The summed E-state index contributed by atoms with van der Waals surface area (Å²) < 4.78 is 8.59. The van der Waals surface area contributed by atoms with Crippen molar-refractivity contribution in [3.63, 3.8) is 0 Å². The number of carbonyl (C=O) groups excluding carboxylic acids is 1. The van der Waals surface area contributed by atoms with E-state index in [0.717, 1.165) is 55.0 Å². The van der Waals surface area contributed by atoms with Gasteiger partial charge < -0.3 is 15.1 Å². The molecule has 0 bridgehead atoms. The SMILES string of the molecule is Cc1ccc2nsnc2c1NC(=O)C[NH+]1CC[NH+](Cc2ccccc2)CC1. The van der Waals surface area contributed by atoms with Gasteiger partial charge >= 0.3 is 0 Å². The van der Waals surface area contributed by atoms with Gasteiger partial charge in [-0.05, 0) is 18.6 Å². The molecule has 0 atom stereocenters. The molecule has 0 unspecified atom stereocenters. The number of aromatic nitrogens is 2. The molecule has 1 amide bonds. The molecule has 3 aromatic rings. The minimum atomic E-state index is 0.0557. The highest BCUT2D eigenvalue weighted by Gasteiger charge is 2.25. The number of hydrogen-bond acceptors (Lipinski definition) is 4. The molecular formula is C20H25N5OS+2. The molecule has 1 aliphatic heterocycles. The van der Waals surface area contributed by atoms with Gasteiger partial charge in [-0.2, -0.15) is 8.75 Å². The van der Waals surface area contributed by atoms with Gasteiger partial charge in [-0.15, -0.1) is 0 Å². The topological polar surface area (TPSA) is 63.8 Å². The fourth-order valence-electron chi connectivity index (χ4n) is 3.72. The maximum atomic E-state index is 12.6. The molecule has 2 aromatic carbocycles. The average molecular weight is 384 g/mol. The first-order valence-electron chi connectivity index (χ1n) is 9.42. The number of amides is 1. The Morgan fingerprint density at radius 2 is 1.78 bits per heavy atom. The van der Waals surface area contributed by atoms with E-state index in [1.165, 1.54) is 22.2 Å². The Morgan fingerprint density at radius 3 is 2.56 bits per heavy atom. The standard InChI is InChI=1S/C20H23N5OS/c1-15-7-8-17-20(23-27-22-17)19(15)21-18(26)14-25-11-9-24(10-12-25)13-16-5-3-2-4-6-16/h2-8H,9-14H2,1H3,(H,21,26)/p+2. The van der Waals surface area contributed by atoms with Crippen molar-refractivity contribution in [1.29, 1.82) is 0 Å². The summed E-state index contributed by atoms with van der Waals surface area (Å²) in [4.78, 5) is 15.5. The Balaban J connectivity index is 1.30. The monoisotopic (exact) mass is 383 g/mol. The van der Waals surface area contributed by atoms with Crippen molar-refractivity contribution in [3.05, 3.63) is 53.6 Å². The molecule has 27 heavy (non-hydrogen) atoms. The molecule has 0 aliphatic carbocycles. The van der Waals surface area contributed by atoms with Gasteiger partial charge in [0.2, 0.25) is 0 Å². The van der Waals surface area contributed by atoms with Gasteiger partial charge in [-0.1, -0.05) is 36.4 Å². The summed E-state index contributed by atoms with van der Waals surface area (Å²) in [5.41, 5.74) is 4.84. The highest BCUT2D eigenvalue weighted by Crippen LogP contribution is 2.25. The van der Waals surface area contributed by atoms with Crippen molar-refractivity contribution < 1.29 is 14.6 Å². The van der Waals surface area contributed by atoms with Crippen LogP contribution in [0.2, 0.25) is 0 Å². The first-order chi connectivity index (χ1) is 13.2. The molecule has 4 rings (SSSR count). The Hall–Kier alpha value is -2.35. The zero-order chi connectivity index (χ0) is 18.6. The smallest absolute Gasteiger partial charge is 0.279 e. The van der Waals surface area contributed by atoms with E-state index in [-0.39, 0.29) is 5.91 Å². The Morgan fingerprint density at radius 1 is 1.04 bits per heavy atom. The molecule has 0 radical (unpaired) electrons. The van der Waals surface area contributed by atoms with Crippen LogP contribution in [-0.2, 0) is 11.3 Å². The van der Waals surface area contributed by atoms with Crippen LogP contribution in [-0.4, -0.2) is 47.4 Å². The van der Waals surface area contributed by atoms with Crippen LogP contribution >= 0.6 is 11.7 Å². The molecule has 2 heterocycles. The molecule has 3 N–H and O–H groups in total. The predicted molar refractivity (Wildman–Crippen MR) is 107 cm³/mol. The number of piperazine rings is 1. The normalized spacial score (nSPS) is 19.9. The molecule has 1 aromatic heterocycles. The second-order valence-corrected chi connectivity index (χ2v) is 7.81. The van der Waals surface area contributed by atoms with E-state index in [9.17, 15) is 4.79 Å². The maximum Gasteiger partial charge on any atom is 0.279 e. The van der Waals surface area contributed by atoms with Gasteiger partial charge in [0.1, 0.15) is 43.8 Å². The van der Waals surface area contributed by atoms with Crippen LogP contribution in [0.5, 0.6) is 0 Å². The van der Waals surface area contributed by atoms with Crippen LogP contribution in [0.4, 0.5) is 5.69 Å². The average Bonchev–Trinajstić information content (AvgIpc) is 3.16. The third-order valence-corrected chi connectivity index (χ3v) is 5.81. The molecule has 140 valence electrons. The summed E-state index contributed by atoms with van der Waals surface area (Å²) in [6.07, 6.45) is 0. The van der Waals surface area contributed by atoms with E-state index in [0.29, 0.717) is 6.54 Å². The van der Waals surface area contributed by atoms with Crippen molar-refractivity contribution in [2.45, 2.75) is 13.5 Å². The minimum absolute atomic E-state index is 0.0557. The second-order valence-electron chi connectivity index (χ2n) is 7.28. The number of fused-ring (bicyclic) bond motifs is 1. The molecule has 1 fully saturated rings. The summed E-state index contributed by atoms with van der Waals surface area (Å²) in [6, 6.07) is 14.6. The lowest BCUT2D eigenvalue weighted by molar-refractivity contribution is -1.02. The van der Waals surface area contributed by atoms with E-state index in [4.69, 9.17) is 0 Å². The van der Waals surface area contributed by atoms with Crippen LogP contribution < -0.4 is 15.1 Å². The predicted octanol–water partition coefficient (Wildman–Crippen LogP) is -0.0782. The van der Waals surface area contributed by atoms with Crippen LogP contribution in [0, 0.1) is 6.92 Å². The van der Waals surface area contributed by atoms with Gasteiger partial charge in [-0.3, -0.25) is 4.79 Å². The lowest BCUT2D eigenvalue weighted by Crippen LogP contribution is -3.28. The number of nitrogens with one attached hydrogen (secondary N) is 3. The van der Waals surface area contributed by atoms with Crippen molar-refractivity contribution in [1.82, 2.24) is 8.75 Å². The van der Waals surface area contributed by atoms with E-state index < -0.39 is 0 Å². The van der Waals surface area contributed by atoms with Crippen LogP contribution in [0.25, 0.3) is 11.0 Å². The molecular weight excluding hydrogens is 358 g/mol. The van der Waals surface area contributed by atoms with Crippen molar-refractivity contribution in [3.8, 4) is 0 Å². The Bertz CT molecular complexity index is 919. The van der Waals surface area contributed by atoms with Gasteiger partial charge in [-0.25, -0.2) is 0 Å². The first kappa shape index (κ1) is 18.0. The third kappa shape index (κ3) is 4.32. The highest BCUT2D eigenvalue weighted by atomic mass is 32.1. The maximum absolute atomic E-state index is 12.6. The molecule has 7 heteroatoms. The van der Waals surface area contributed by atoms with E-state index in [1.807, 2.05) is 19.1 Å². The number of rotatable bonds is 5. The van der Waals surface area contributed by atoms with E-state index >= 15 is 0 Å².